The molecule has 1 aliphatic heterocycles. The molecule has 34 heteroatoms. The van der Waals surface area contributed by atoms with Gasteiger partial charge in [-0.05, 0) is 35.7 Å². The van der Waals surface area contributed by atoms with Crippen LogP contribution in [0.4, 0.5) is 0 Å². The molecule has 0 bridgehead atoms. The highest BCUT2D eigenvalue weighted by Crippen LogP contribution is 2.23. The van der Waals surface area contributed by atoms with Crippen molar-refractivity contribution in [1.29, 1.82) is 0 Å². The lowest BCUT2D eigenvalue weighted by Gasteiger charge is -2.29. The van der Waals surface area contributed by atoms with Crippen molar-refractivity contribution in [2.24, 2.45) is 42.5 Å². The molecule has 19 N–H and O–H groups in total. The van der Waals surface area contributed by atoms with Crippen LogP contribution < -0.4 is 36.9 Å². The third kappa shape index (κ3) is 37.9. The largest absolute Gasteiger partial charge is 0.396 e. The van der Waals surface area contributed by atoms with Gasteiger partial charge in [0, 0.05) is 99.0 Å². The SMILES string of the molecule is CC(C)(CO)C(O)C(=O)NCCN1CCOCC1.CC(C)(CO)C(O)C(=O)NCCN=[N+]=[N-].CC(C)(CO)C(O)C(=O)NCCS(N)(=O)=O.CC(C)(CO)C(O)C(=O)NCC[Si](C)(C)C.CC(C)(CO)C(O)C(=O)NCCc1ccc(S(N)(=O)=O)cc1. The van der Waals surface area contributed by atoms with Crippen molar-refractivity contribution in [3.05, 3.63) is 40.3 Å². The summed E-state index contributed by atoms with van der Waals surface area (Å²) < 4.78 is 48.6. The van der Waals surface area contributed by atoms with Gasteiger partial charge in [-0.1, -0.05) is 106 Å². The Morgan fingerprint density at radius 3 is 1.21 bits per heavy atom. The molecule has 87 heavy (non-hydrogen) atoms. The Kier molecular flexibility index (Phi) is 40.8. The number of morpholine rings is 1. The lowest BCUT2D eigenvalue weighted by molar-refractivity contribution is -0.137. The number of sulfonamides is 2. The van der Waals surface area contributed by atoms with E-state index in [1.807, 2.05) is 0 Å². The predicted octanol–water partition coefficient (Wildman–Crippen LogP) is -3.43. The molecular weight excluding hydrogens is 1200 g/mol. The fourth-order valence-electron chi connectivity index (χ4n) is 6.18. The van der Waals surface area contributed by atoms with Crippen LogP contribution in [0.3, 0.4) is 0 Å². The second-order valence-corrected chi connectivity index (χ2v) is 34.1. The highest BCUT2D eigenvalue weighted by molar-refractivity contribution is 7.89. The Morgan fingerprint density at radius 1 is 0.575 bits per heavy atom. The Hall–Kier alpha value is -4.56. The average molecular weight is 1310 g/mol. The highest BCUT2D eigenvalue weighted by Gasteiger charge is 2.36. The molecule has 0 spiro atoms. The van der Waals surface area contributed by atoms with E-state index in [1.165, 1.54) is 26.0 Å². The van der Waals surface area contributed by atoms with Crippen LogP contribution in [0.25, 0.3) is 10.4 Å². The summed E-state index contributed by atoms with van der Waals surface area (Å²) in [5.74, 6) is -3.09. The van der Waals surface area contributed by atoms with E-state index in [9.17, 15) is 66.3 Å². The number of aliphatic hydroxyl groups excluding tert-OH is 10. The molecule has 31 nitrogen and oxygen atoms in total. The fraction of sp³-hybridized carbons (Fsp3) is 0.792. The summed E-state index contributed by atoms with van der Waals surface area (Å²) in [4.78, 5) is 62.4. The molecule has 1 aromatic rings. The van der Waals surface area contributed by atoms with Gasteiger partial charge in [-0.2, -0.15) is 0 Å². The zero-order valence-electron chi connectivity index (χ0n) is 52.9. The number of nitrogens with two attached hydrogens (primary N) is 2. The van der Waals surface area contributed by atoms with Crippen molar-refractivity contribution in [2.45, 2.75) is 137 Å². The summed E-state index contributed by atoms with van der Waals surface area (Å²) >= 11 is 0. The predicted molar refractivity (Wildman–Crippen MR) is 328 cm³/mol. The van der Waals surface area contributed by atoms with E-state index in [4.69, 9.17) is 46.1 Å². The zero-order valence-corrected chi connectivity index (χ0v) is 55.6. The first-order valence-electron chi connectivity index (χ1n) is 28.0. The first-order chi connectivity index (χ1) is 39.7. The van der Waals surface area contributed by atoms with E-state index in [1.54, 1.807) is 67.5 Å². The van der Waals surface area contributed by atoms with Crippen LogP contribution >= 0.6 is 0 Å². The number of nitrogens with one attached hydrogen (secondary N) is 5. The van der Waals surface area contributed by atoms with Gasteiger partial charge in [0.1, 0.15) is 30.5 Å². The zero-order chi connectivity index (χ0) is 68.4. The maximum Gasteiger partial charge on any atom is 0.249 e. The summed E-state index contributed by atoms with van der Waals surface area (Å²) in [6.45, 7) is 26.7. The molecule has 5 amide bonds. The lowest BCUT2D eigenvalue weighted by Crippen LogP contribution is -2.48. The van der Waals surface area contributed by atoms with Crippen LogP contribution in [0.2, 0.25) is 25.7 Å². The molecule has 0 saturated carbocycles. The summed E-state index contributed by atoms with van der Waals surface area (Å²) in [6.07, 6.45) is -5.86. The van der Waals surface area contributed by atoms with Gasteiger partial charge in [0.2, 0.25) is 49.6 Å². The average Bonchev–Trinajstić information content (AvgIpc) is 3.48. The van der Waals surface area contributed by atoms with Crippen molar-refractivity contribution in [3.8, 4) is 0 Å². The van der Waals surface area contributed by atoms with Crippen LogP contribution in [0.15, 0.2) is 34.3 Å². The summed E-state index contributed by atoms with van der Waals surface area (Å²) in [7, 11) is -8.50. The van der Waals surface area contributed by atoms with Crippen molar-refractivity contribution >= 4 is 57.7 Å². The number of azide groups is 1. The van der Waals surface area contributed by atoms with E-state index in [-0.39, 0.29) is 64.1 Å². The number of aliphatic hydroxyl groups is 10. The van der Waals surface area contributed by atoms with Crippen LogP contribution in [-0.4, -0.2) is 252 Å². The molecule has 1 heterocycles. The van der Waals surface area contributed by atoms with E-state index in [0.717, 1.165) is 44.5 Å². The molecule has 0 aliphatic carbocycles. The van der Waals surface area contributed by atoms with Crippen molar-refractivity contribution in [2.75, 3.05) is 111 Å². The number of amides is 5. The van der Waals surface area contributed by atoms with E-state index in [0.29, 0.717) is 19.5 Å². The molecule has 2 rings (SSSR count). The minimum atomic E-state index is -3.71. The minimum absolute atomic E-state index is 0.0282. The molecular formula is C53H105N11O20S2Si. The Balaban J connectivity index is -0.00000102. The van der Waals surface area contributed by atoms with Crippen molar-refractivity contribution < 1.29 is 96.6 Å². The van der Waals surface area contributed by atoms with E-state index in [2.05, 4.69) is 61.2 Å². The van der Waals surface area contributed by atoms with Gasteiger partial charge in [0.05, 0.1) is 56.9 Å². The summed E-state index contributed by atoms with van der Waals surface area (Å²) in [5, 5.41) is 119. The Labute approximate surface area is 514 Å². The van der Waals surface area contributed by atoms with Gasteiger partial charge in [-0.3, -0.25) is 28.9 Å². The van der Waals surface area contributed by atoms with Crippen LogP contribution in [0, 0.1) is 27.1 Å². The van der Waals surface area contributed by atoms with Gasteiger partial charge < -0.3 is 82.4 Å². The Morgan fingerprint density at radius 2 is 0.897 bits per heavy atom. The van der Waals surface area contributed by atoms with E-state index >= 15 is 0 Å². The summed E-state index contributed by atoms with van der Waals surface area (Å²) in [6, 6.07) is 7.01. The number of carbonyl (C=O) groups is 5. The first kappa shape index (κ1) is 86.6. The van der Waals surface area contributed by atoms with E-state index < -0.39 is 121 Å². The maximum atomic E-state index is 11.8. The quantitative estimate of drug-likeness (QED) is 0.0113. The summed E-state index contributed by atoms with van der Waals surface area (Å²) in [5.41, 5.74) is 4.41. The molecule has 0 aromatic heterocycles. The molecule has 1 aromatic carbocycles. The molecule has 5 atom stereocenters. The topological polar surface area (TPSA) is 529 Å². The van der Waals surface area contributed by atoms with Gasteiger partial charge >= 0.3 is 0 Å². The van der Waals surface area contributed by atoms with Crippen LogP contribution in [0.1, 0.15) is 74.8 Å². The van der Waals surface area contributed by atoms with Crippen molar-refractivity contribution in [3.63, 3.8) is 0 Å². The number of rotatable bonds is 31. The third-order valence-electron chi connectivity index (χ3n) is 13.2. The molecule has 5 unspecified atom stereocenters. The number of benzene rings is 1. The second-order valence-electron chi connectivity index (χ2n) is 25.2. The maximum absolute atomic E-state index is 11.8. The standard InChI is InChI=1S/C14H22N2O5S.C12H24N2O4.C11H25NO3Si.C8H16N4O3.C8H18N2O5S/c1-14(2,9-17)12(18)13(19)16-8-7-10-3-5-11(6-4-10)22(15,20)21;1-12(2,9-15)10(16)11(17)13-3-4-14-5-7-18-8-6-14;1-11(2,8-13)9(14)10(15)12-6-7-16(3,4)5;1-8(2,5-13)6(14)7(15)10-3-4-11-12-9;1-8(2,5-11)6(12)7(13)10-3-4-16(9,14)15/h3-6,12,17-18H,7-9H2,1-2H3,(H,16,19)(H2,15,20,21);10,15-16H,3-9H2,1-2H3,(H,13,17);9,13-14H,6-8H2,1-5H3,(H,12,15);6,13-14H,3-5H2,1-2H3,(H,10,15);6,11-12H,3-5H2,1-2H3,(H,10,13)(H2,9,14,15). The third-order valence-corrected chi connectivity index (χ3v) is 16.7. The first-order valence-corrected chi connectivity index (χ1v) is 34.9. The Bertz CT molecular complexity index is 2480. The number of ether oxygens (including phenoxy) is 1. The van der Waals surface area contributed by atoms with Gasteiger partial charge in [-0.25, -0.2) is 27.1 Å². The van der Waals surface area contributed by atoms with Gasteiger partial charge in [0.25, 0.3) is 0 Å². The normalized spacial score (nSPS) is 15.1. The molecule has 1 aliphatic rings. The smallest absolute Gasteiger partial charge is 0.249 e. The molecule has 1 saturated heterocycles. The van der Waals surface area contributed by atoms with Crippen LogP contribution in [-0.2, 0) is 55.2 Å². The van der Waals surface area contributed by atoms with Gasteiger partial charge in [0.15, 0.2) is 0 Å². The number of primary sulfonamides is 2. The fourth-order valence-corrected chi connectivity index (χ4v) is 7.96. The molecule has 1 fully saturated rings. The lowest BCUT2D eigenvalue weighted by atomic mass is 9.87. The molecule has 0 radical (unpaired) electrons. The highest BCUT2D eigenvalue weighted by atomic mass is 32.2. The minimum Gasteiger partial charge on any atom is -0.396 e. The number of hydrogen-bond donors (Lipinski definition) is 17. The number of hydrogen-bond acceptors (Lipinski definition) is 22. The van der Waals surface area contributed by atoms with Crippen LogP contribution in [0.5, 0.6) is 0 Å². The van der Waals surface area contributed by atoms with Gasteiger partial charge in [-0.15, -0.1) is 0 Å². The van der Waals surface area contributed by atoms with Crippen molar-refractivity contribution in [1.82, 2.24) is 31.5 Å². The molecule has 508 valence electrons. The monoisotopic (exact) mass is 1310 g/mol. The second kappa shape index (κ2) is 40.9. The number of nitrogens with zero attached hydrogens (tertiary/aromatic N) is 4. The number of carbonyl (C=O) groups excluding carboxylic acids is 5.